The summed E-state index contributed by atoms with van der Waals surface area (Å²) in [7, 11) is 1.74. The van der Waals surface area contributed by atoms with E-state index in [4.69, 9.17) is 0 Å². The van der Waals surface area contributed by atoms with Crippen molar-refractivity contribution >= 4 is 34.0 Å². The Hall–Kier alpha value is -4.30. The van der Waals surface area contributed by atoms with Crippen LogP contribution < -0.4 is 15.4 Å². The van der Waals surface area contributed by atoms with E-state index >= 15 is 0 Å². The van der Waals surface area contributed by atoms with Gasteiger partial charge in [-0.05, 0) is 80.6 Å². The van der Waals surface area contributed by atoms with Crippen molar-refractivity contribution in [1.82, 2.24) is 14.5 Å². The minimum atomic E-state index is -1.15. The fourth-order valence-corrected chi connectivity index (χ4v) is 5.63. The fraction of sp³-hybridized carbons (Fsp3) is 0.333. The zero-order valence-corrected chi connectivity index (χ0v) is 24.4. The predicted molar refractivity (Wildman–Crippen MR) is 163 cm³/mol. The number of hydrogen-bond donors (Lipinski definition) is 0. The predicted octanol–water partition coefficient (Wildman–Crippen LogP) is 4.76. The van der Waals surface area contributed by atoms with Crippen LogP contribution in [0.2, 0.25) is 0 Å². The molecule has 8 heteroatoms. The van der Waals surface area contributed by atoms with Crippen LogP contribution in [0.25, 0.3) is 10.8 Å². The van der Waals surface area contributed by atoms with Crippen LogP contribution in [0.15, 0.2) is 77.9 Å². The first kappa shape index (κ1) is 28.2. The van der Waals surface area contributed by atoms with Crippen molar-refractivity contribution in [3.63, 3.8) is 0 Å². The minimum absolute atomic E-state index is 0.0000812. The summed E-state index contributed by atoms with van der Waals surface area (Å²) in [4.78, 5) is 49.7. The molecule has 0 radical (unpaired) electrons. The van der Waals surface area contributed by atoms with Gasteiger partial charge in [-0.3, -0.25) is 24.3 Å². The van der Waals surface area contributed by atoms with E-state index in [2.05, 4.69) is 16.0 Å². The third kappa shape index (κ3) is 5.52. The van der Waals surface area contributed by atoms with Gasteiger partial charge in [0.15, 0.2) is 0 Å². The molecule has 212 valence electrons. The number of pyridine rings is 2. The zero-order valence-electron chi connectivity index (χ0n) is 24.4. The maximum absolute atomic E-state index is 13.3. The second-order valence-corrected chi connectivity index (χ2v) is 11.3. The number of benzene rings is 2. The Morgan fingerprint density at radius 3 is 2.34 bits per heavy atom. The molecule has 0 saturated carbocycles. The molecule has 1 aliphatic heterocycles. The van der Waals surface area contributed by atoms with Gasteiger partial charge in [0.2, 0.25) is 11.8 Å². The van der Waals surface area contributed by atoms with Crippen LogP contribution in [0.4, 0.5) is 11.4 Å². The molecule has 0 saturated heterocycles. The third-order valence-corrected chi connectivity index (χ3v) is 7.94. The Balaban J connectivity index is 1.46. The molecule has 2 aromatic carbocycles. The largest absolute Gasteiger partial charge is 0.314 e. The number of aryl methyl sites for hydroxylation is 1. The lowest BCUT2D eigenvalue weighted by molar-refractivity contribution is -0.137. The lowest BCUT2D eigenvalue weighted by Gasteiger charge is -2.27. The van der Waals surface area contributed by atoms with E-state index in [1.54, 1.807) is 35.3 Å². The van der Waals surface area contributed by atoms with Gasteiger partial charge in [0.1, 0.15) is 5.41 Å². The molecule has 5 rings (SSSR count). The van der Waals surface area contributed by atoms with Crippen LogP contribution in [-0.2, 0) is 29.2 Å². The van der Waals surface area contributed by atoms with Gasteiger partial charge in [-0.2, -0.15) is 0 Å². The van der Waals surface area contributed by atoms with Gasteiger partial charge >= 0.3 is 0 Å². The monoisotopic (exact) mass is 551 g/mol. The normalized spacial score (nSPS) is 15.0. The van der Waals surface area contributed by atoms with Crippen molar-refractivity contribution in [1.29, 1.82) is 0 Å². The van der Waals surface area contributed by atoms with Crippen molar-refractivity contribution in [3.8, 4) is 0 Å². The standard InChI is InChI=1S/C33H37N5O3/c1-6-38-28-12-11-24(20-29(28)35(5)31(40)33(3,4)32(38)41)21-36(22-25-13-15-34-23(2)19-25)17-18-37-16-14-26-9-7-8-10-27(26)30(37)39/h7-16,19-20H,6,17-18,21-22H2,1-5H3. The molecule has 3 heterocycles. The Morgan fingerprint density at radius 2 is 1.61 bits per heavy atom. The molecular formula is C33H37N5O3. The van der Waals surface area contributed by atoms with E-state index in [0.29, 0.717) is 38.1 Å². The second-order valence-electron chi connectivity index (χ2n) is 11.3. The summed E-state index contributed by atoms with van der Waals surface area (Å²) in [5.41, 5.74) is 3.41. The number of amides is 2. The number of nitrogens with zero attached hydrogens (tertiary/aromatic N) is 5. The minimum Gasteiger partial charge on any atom is -0.314 e. The first-order valence-electron chi connectivity index (χ1n) is 14.0. The summed E-state index contributed by atoms with van der Waals surface area (Å²) >= 11 is 0. The van der Waals surface area contributed by atoms with Crippen molar-refractivity contribution < 1.29 is 9.59 Å². The summed E-state index contributed by atoms with van der Waals surface area (Å²) in [6, 6.07) is 19.7. The van der Waals surface area contributed by atoms with Crippen LogP contribution >= 0.6 is 0 Å². The number of rotatable bonds is 8. The highest BCUT2D eigenvalue weighted by Crippen LogP contribution is 2.39. The highest BCUT2D eigenvalue weighted by molar-refractivity contribution is 6.19. The highest BCUT2D eigenvalue weighted by atomic mass is 16.2. The smallest absolute Gasteiger partial charge is 0.258 e. The van der Waals surface area contributed by atoms with Gasteiger partial charge in [0, 0.05) is 63.2 Å². The van der Waals surface area contributed by atoms with Crippen molar-refractivity contribution in [2.75, 3.05) is 29.9 Å². The molecule has 41 heavy (non-hydrogen) atoms. The van der Waals surface area contributed by atoms with Crippen LogP contribution in [0.1, 0.15) is 37.6 Å². The molecule has 4 aromatic rings. The van der Waals surface area contributed by atoms with Gasteiger partial charge in [-0.15, -0.1) is 0 Å². The molecule has 0 N–H and O–H groups in total. The number of anilines is 2. The lowest BCUT2D eigenvalue weighted by atomic mass is 9.90. The Bertz CT molecular complexity index is 1680. The average Bonchev–Trinajstić information content (AvgIpc) is 3.01. The number of hydrogen-bond acceptors (Lipinski definition) is 5. The summed E-state index contributed by atoms with van der Waals surface area (Å²) in [6.45, 7) is 10.2. The summed E-state index contributed by atoms with van der Waals surface area (Å²) in [5, 5.41) is 1.65. The van der Waals surface area contributed by atoms with E-state index in [0.717, 1.165) is 33.6 Å². The molecule has 0 bridgehead atoms. The molecule has 8 nitrogen and oxygen atoms in total. The van der Waals surface area contributed by atoms with E-state index in [1.165, 1.54) is 0 Å². The maximum atomic E-state index is 13.3. The van der Waals surface area contributed by atoms with E-state index in [1.807, 2.05) is 80.8 Å². The zero-order chi connectivity index (χ0) is 29.3. The number of carbonyl (C=O) groups excluding carboxylic acids is 2. The Kier molecular flexibility index (Phi) is 7.78. The van der Waals surface area contributed by atoms with Gasteiger partial charge in [0.25, 0.3) is 5.56 Å². The number of aromatic nitrogens is 2. The summed E-state index contributed by atoms with van der Waals surface area (Å²) in [5.74, 6) is -0.421. The van der Waals surface area contributed by atoms with Gasteiger partial charge < -0.3 is 14.4 Å². The molecule has 2 aromatic heterocycles. The van der Waals surface area contributed by atoms with E-state index in [-0.39, 0.29) is 17.4 Å². The molecule has 1 aliphatic rings. The van der Waals surface area contributed by atoms with Gasteiger partial charge in [0.05, 0.1) is 11.4 Å². The quantitative estimate of drug-likeness (QED) is 0.295. The van der Waals surface area contributed by atoms with E-state index < -0.39 is 5.41 Å². The Morgan fingerprint density at radius 1 is 0.878 bits per heavy atom. The first-order valence-corrected chi connectivity index (χ1v) is 14.0. The van der Waals surface area contributed by atoms with Crippen LogP contribution in [0.3, 0.4) is 0 Å². The topological polar surface area (TPSA) is 78.8 Å². The Labute approximate surface area is 240 Å². The maximum Gasteiger partial charge on any atom is 0.258 e. The first-order chi connectivity index (χ1) is 19.6. The average molecular weight is 552 g/mol. The van der Waals surface area contributed by atoms with Gasteiger partial charge in [-0.25, -0.2) is 0 Å². The fourth-order valence-electron chi connectivity index (χ4n) is 5.63. The van der Waals surface area contributed by atoms with Crippen molar-refractivity contribution in [2.45, 2.75) is 47.3 Å². The number of fused-ring (bicyclic) bond motifs is 2. The molecule has 0 aliphatic carbocycles. The van der Waals surface area contributed by atoms with Gasteiger partial charge in [-0.1, -0.05) is 24.3 Å². The van der Waals surface area contributed by atoms with Crippen molar-refractivity contribution in [2.24, 2.45) is 5.41 Å². The number of carbonyl (C=O) groups is 2. The third-order valence-electron chi connectivity index (χ3n) is 7.94. The highest BCUT2D eigenvalue weighted by Gasteiger charge is 2.45. The van der Waals surface area contributed by atoms with Crippen LogP contribution in [0, 0.1) is 12.3 Å². The molecule has 0 atom stereocenters. The lowest BCUT2D eigenvalue weighted by Crippen LogP contribution is -2.47. The molecule has 2 amide bonds. The van der Waals surface area contributed by atoms with Crippen LogP contribution in [0.5, 0.6) is 0 Å². The van der Waals surface area contributed by atoms with E-state index in [9.17, 15) is 14.4 Å². The van der Waals surface area contributed by atoms with Crippen LogP contribution in [-0.4, -0.2) is 46.4 Å². The molecule has 0 unspecified atom stereocenters. The van der Waals surface area contributed by atoms with Crippen molar-refractivity contribution in [3.05, 3.63) is 100 Å². The summed E-state index contributed by atoms with van der Waals surface area (Å²) < 4.78 is 1.77. The second kappa shape index (κ2) is 11.3. The SMILES string of the molecule is CCN1C(=O)C(C)(C)C(=O)N(C)c2cc(CN(CCn3ccc4ccccc4c3=O)Cc3ccnc(C)c3)ccc21. The molecule has 0 spiro atoms. The molecule has 0 fully saturated rings. The summed E-state index contributed by atoms with van der Waals surface area (Å²) in [6.07, 6.45) is 3.68. The molecular weight excluding hydrogens is 514 g/mol.